The minimum atomic E-state index is 0.242. The molecule has 9 heteroatoms. The lowest BCUT2D eigenvalue weighted by Gasteiger charge is -2.19. The molecule has 1 aromatic carbocycles. The zero-order valence-corrected chi connectivity index (χ0v) is 18.5. The fourth-order valence-corrected chi connectivity index (χ4v) is 3.89. The summed E-state index contributed by atoms with van der Waals surface area (Å²) >= 11 is 12.3. The average molecular weight is 444 g/mol. The number of aryl methyl sites for hydroxylation is 1. The van der Waals surface area contributed by atoms with E-state index in [4.69, 9.17) is 23.2 Å². The van der Waals surface area contributed by atoms with E-state index in [0.29, 0.717) is 5.02 Å². The first kappa shape index (κ1) is 20.6. The zero-order chi connectivity index (χ0) is 21.1. The first-order valence-corrected chi connectivity index (χ1v) is 10.8. The highest BCUT2D eigenvalue weighted by Gasteiger charge is 2.16. The van der Waals surface area contributed by atoms with Gasteiger partial charge in [-0.1, -0.05) is 11.6 Å². The van der Waals surface area contributed by atoms with Gasteiger partial charge in [-0.15, -0.1) is 0 Å². The van der Waals surface area contributed by atoms with Crippen LogP contribution in [0.5, 0.6) is 0 Å². The van der Waals surface area contributed by atoms with E-state index in [1.54, 1.807) is 6.20 Å². The Morgan fingerprint density at radius 2 is 1.90 bits per heavy atom. The monoisotopic (exact) mass is 443 g/mol. The van der Waals surface area contributed by atoms with Gasteiger partial charge in [0.25, 0.3) is 0 Å². The maximum absolute atomic E-state index is 6.20. The van der Waals surface area contributed by atoms with Gasteiger partial charge in [-0.2, -0.15) is 9.97 Å². The number of rotatable bonds is 8. The molecular formula is C21H23Cl2N7. The highest BCUT2D eigenvalue weighted by atomic mass is 35.5. The molecule has 0 spiro atoms. The molecule has 0 aliphatic carbocycles. The summed E-state index contributed by atoms with van der Waals surface area (Å²) < 4.78 is 2.03. The van der Waals surface area contributed by atoms with Crippen LogP contribution in [-0.2, 0) is 6.54 Å². The Bertz CT molecular complexity index is 1170. The van der Waals surface area contributed by atoms with Crippen LogP contribution in [0.2, 0.25) is 10.3 Å². The number of nitrogens with one attached hydrogen (secondary N) is 1. The molecule has 0 atom stereocenters. The molecule has 3 heterocycles. The van der Waals surface area contributed by atoms with E-state index in [2.05, 4.69) is 44.0 Å². The Hall–Kier alpha value is -2.64. The predicted octanol–water partition coefficient (Wildman–Crippen LogP) is 5.03. The van der Waals surface area contributed by atoms with Crippen molar-refractivity contribution in [1.29, 1.82) is 0 Å². The first-order chi connectivity index (χ1) is 14.6. The molecule has 0 saturated heterocycles. The molecule has 0 unspecified atom stereocenters. The molecule has 30 heavy (non-hydrogen) atoms. The maximum Gasteiger partial charge on any atom is 0.226 e. The van der Waals surface area contributed by atoms with Crippen LogP contribution >= 0.6 is 23.2 Å². The van der Waals surface area contributed by atoms with Crippen molar-refractivity contribution in [3.8, 4) is 0 Å². The molecule has 0 bridgehead atoms. The summed E-state index contributed by atoms with van der Waals surface area (Å²) in [6.07, 6.45) is 4.50. The summed E-state index contributed by atoms with van der Waals surface area (Å²) in [7, 11) is 0. The van der Waals surface area contributed by atoms with Gasteiger partial charge in [0.2, 0.25) is 5.28 Å². The summed E-state index contributed by atoms with van der Waals surface area (Å²) in [5.41, 5.74) is 3.47. The second-order valence-electron chi connectivity index (χ2n) is 6.90. The summed E-state index contributed by atoms with van der Waals surface area (Å²) in [5, 5.41) is 5.47. The average Bonchev–Trinajstić information content (AvgIpc) is 3.14. The molecule has 156 valence electrons. The molecule has 0 radical (unpaired) electrons. The lowest BCUT2D eigenvalue weighted by molar-refractivity contribution is 0.672. The molecule has 0 saturated carbocycles. The Kier molecular flexibility index (Phi) is 6.20. The normalized spacial score (nSPS) is 11.3. The SMILES string of the molecule is CCN(CC)c1nc(Cl)nc2c1ncn2CCCNc1ccnc2cc(Cl)ccc12. The molecule has 0 amide bonds. The number of benzene rings is 1. The Morgan fingerprint density at radius 3 is 2.70 bits per heavy atom. The van der Waals surface area contributed by atoms with Crippen LogP contribution in [-0.4, -0.2) is 44.1 Å². The van der Waals surface area contributed by atoms with Crippen molar-refractivity contribution < 1.29 is 0 Å². The van der Waals surface area contributed by atoms with Crippen LogP contribution < -0.4 is 10.2 Å². The quantitative estimate of drug-likeness (QED) is 0.304. The third kappa shape index (κ3) is 4.13. The van der Waals surface area contributed by atoms with E-state index in [-0.39, 0.29) is 5.28 Å². The molecule has 0 fully saturated rings. The molecule has 4 aromatic rings. The van der Waals surface area contributed by atoms with E-state index in [1.807, 2.05) is 35.2 Å². The number of fused-ring (bicyclic) bond motifs is 2. The zero-order valence-electron chi connectivity index (χ0n) is 16.9. The number of aromatic nitrogens is 5. The van der Waals surface area contributed by atoms with Gasteiger partial charge in [-0.25, -0.2) is 4.98 Å². The van der Waals surface area contributed by atoms with Crippen molar-refractivity contribution in [2.24, 2.45) is 0 Å². The smallest absolute Gasteiger partial charge is 0.226 e. The molecule has 4 rings (SSSR count). The van der Waals surface area contributed by atoms with E-state index in [0.717, 1.165) is 66.2 Å². The van der Waals surface area contributed by atoms with Crippen molar-refractivity contribution >= 4 is 56.8 Å². The molecule has 0 aliphatic heterocycles. The number of halogens is 2. The maximum atomic E-state index is 6.20. The van der Waals surface area contributed by atoms with Crippen LogP contribution in [0.1, 0.15) is 20.3 Å². The topological polar surface area (TPSA) is 71.8 Å². The molecular weight excluding hydrogens is 421 g/mol. The molecule has 0 aliphatic rings. The highest BCUT2D eigenvalue weighted by molar-refractivity contribution is 6.31. The third-order valence-electron chi connectivity index (χ3n) is 5.08. The summed E-state index contributed by atoms with van der Waals surface area (Å²) in [6, 6.07) is 7.72. The van der Waals surface area contributed by atoms with Crippen molar-refractivity contribution in [2.45, 2.75) is 26.8 Å². The minimum absolute atomic E-state index is 0.242. The fraction of sp³-hybridized carbons (Fsp3) is 0.333. The van der Waals surface area contributed by atoms with Crippen LogP contribution in [0.3, 0.4) is 0 Å². The number of nitrogens with zero attached hydrogens (tertiary/aromatic N) is 6. The van der Waals surface area contributed by atoms with E-state index >= 15 is 0 Å². The second kappa shape index (κ2) is 9.02. The predicted molar refractivity (Wildman–Crippen MR) is 124 cm³/mol. The van der Waals surface area contributed by atoms with E-state index in [1.165, 1.54) is 0 Å². The molecule has 7 nitrogen and oxygen atoms in total. The largest absolute Gasteiger partial charge is 0.384 e. The first-order valence-electron chi connectivity index (χ1n) is 10.0. The van der Waals surface area contributed by atoms with Crippen LogP contribution in [0.4, 0.5) is 11.5 Å². The van der Waals surface area contributed by atoms with Gasteiger partial charge in [0.1, 0.15) is 0 Å². The number of hydrogen-bond acceptors (Lipinski definition) is 6. The second-order valence-corrected chi connectivity index (χ2v) is 7.67. The number of pyridine rings is 1. The fourth-order valence-electron chi connectivity index (χ4n) is 3.56. The van der Waals surface area contributed by atoms with E-state index in [9.17, 15) is 0 Å². The minimum Gasteiger partial charge on any atom is -0.384 e. The number of anilines is 2. The van der Waals surface area contributed by atoms with Crippen LogP contribution in [0.25, 0.3) is 22.1 Å². The number of hydrogen-bond donors (Lipinski definition) is 1. The molecule has 1 N–H and O–H groups in total. The Labute approximate surface area is 185 Å². The third-order valence-corrected chi connectivity index (χ3v) is 5.48. The van der Waals surface area contributed by atoms with Crippen molar-refractivity contribution in [3.63, 3.8) is 0 Å². The van der Waals surface area contributed by atoms with Gasteiger partial charge in [0.05, 0.1) is 11.8 Å². The number of imidazole rings is 1. The lowest BCUT2D eigenvalue weighted by Crippen LogP contribution is -2.23. The van der Waals surface area contributed by atoms with Crippen molar-refractivity contribution in [1.82, 2.24) is 24.5 Å². The van der Waals surface area contributed by atoms with Crippen molar-refractivity contribution in [3.05, 3.63) is 47.1 Å². The van der Waals surface area contributed by atoms with Gasteiger partial charge < -0.3 is 14.8 Å². The van der Waals surface area contributed by atoms with Gasteiger partial charge in [0.15, 0.2) is 17.0 Å². The lowest BCUT2D eigenvalue weighted by atomic mass is 10.2. The van der Waals surface area contributed by atoms with E-state index < -0.39 is 0 Å². The van der Waals surface area contributed by atoms with Crippen molar-refractivity contribution in [2.75, 3.05) is 29.9 Å². The van der Waals surface area contributed by atoms with Gasteiger partial charge in [0, 0.05) is 48.5 Å². The highest BCUT2D eigenvalue weighted by Crippen LogP contribution is 2.26. The van der Waals surface area contributed by atoms with Crippen LogP contribution in [0.15, 0.2) is 36.8 Å². The van der Waals surface area contributed by atoms with Crippen LogP contribution in [0, 0.1) is 0 Å². The van der Waals surface area contributed by atoms with Gasteiger partial charge in [-0.3, -0.25) is 4.98 Å². The standard InChI is InChI=1S/C21H23Cl2N7/c1-3-29(4-2)19-18-20(28-21(23)27-19)30(13-26-18)11-5-9-24-16-8-10-25-17-12-14(22)6-7-15(16)17/h6-8,10,12-13H,3-5,9,11H2,1-2H3,(H,24,25). The Balaban J connectivity index is 1.47. The van der Waals surface area contributed by atoms with Gasteiger partial charge >= 0.3 is 0 Å². The Morgan fingerprint density at radius 1 is 1.07 bits per heavy atom. The molecule has 3 aromatic heterocycles. The summed E-state index contributed by atoms with van der Waals surface area (Å²) in [4.78, 5) is 19.9. The summed E-state index contributed by atoms with van der Waals surface area (Å²) in [5.74, 6) is 0.786. The van der Waals surface area contributed by atoms with Gasteiger partial charge in [-0.05, 0) is 56.1 Å². The summed E-state index contributed by atoms with van der Waals surface area (Å²) in [6.45, 7) is 7.41.